The van der Waals surface area contributed by atoms with E-state index < -0.39 is 30.4 Å². The van der Waals surface area contributed by atoms with Crippen LogP contribution in [0.15, 0.2) is 0 Å². The third kappa shape index (κ3) is 4.33. The van der Waals surface area contributed by atoms with E-state index in [9.17, 15) is 14.4 Å². The van der Waals surface area contributed by atoms with Gasteiger partial charge < -0.3 is 15.5 Å². The number of carbonyl (C=O) groups is 3. The molecule has 0 saturated carbocycles. The fraction of sp³-hybridized carbons (Fsp3) is 0.375. The first-order valence-electron chi connectivity index (χ1n) is 4.71. The van der Waals surface area contributed by atoms with Crippen LogP contribution in [-0.2, 0) is 9.59 Å². The summed E-state index contributed by atoms with van der Waals surface area (Å²) in [5.74, 6) is -2.29. The molecule has 0 spiro atoms. The molecular weight excluding hydrogens is 264 g/mol. The maximum absolute atomic E-state index is 11.4. The van der Waals surface area contributed by atoms with Gasteiger partial charge in [-0.15, -0.1) is 0 Å². The van der Waals surface area contributed by atoms with Gasteiger partial charge in [-0.2, -0.15) is 4.37 Å². The van der Waals surface area contributed by atoms with Gasteiger partial charge in [0.25, 0.3) is 0 Å². The summed E-state index contributed by atoms with van der Waals surface area (Å²) in [6.45, 7) is 1.63. The molecule has 0 fully saturated rings. The molecule has 1 atom stereocenters. The third-order valence-electron chi connectivity index (χ3n) is 1.73. The van der Waals surface area contributed by atoms with Crippen molar-refractivity contribution in [2.24, 2.45) is 0 Å². The van der Waals surface area contributed by atoms with Crippen LogP contribution in [0, 0.1) is 6.92 Å². The second-order valence-electron chi connectivity index (χ2n) is 3.23. The average Bonchev–Trinajstić information content (AvgIpc) is 2.62. The van der Waals surface area contributed by atoms with Crippen LogP contribution >= 0.6 is 11.5 Å². The molecule has 1 aromatic rings. The van der Waals surface area contributed by atoms with E-state index in [0.717, 1.165) is 11.5 Å². The van der Waals surface area contributed by atoms with E-state index in [-0.39, 0.29) is 5.13 Å². The Kier molecular flexibility index (Phi) is 4.54. The third-order valence-corrected chi connectivity index (χ3v) is 2.45. The molecule has 18 heavy (non-hydrogen) atoms. The van der Waals surface area contributed by atoms with E-state index in [1.807, 2.05) is 5.32 Å². The van der Waals surface area contributed by atoms with Crippen molar-refractivity contribution < 1.29 is 24.6 Å². The summed E-state index contributed by atoms with van der Waals surface area (Å²) in [7, 11) is 0. The number of hydrogen-bond acceptors (Lipinski definition) is 6. The van der Waals surface area contributed by atoms with Crippen molar-refractivity contribution in [3.63, 3.8) is 0 Å². The molecular formula is C8H10N4O5S. The highest BCUT2D eigenvalue weighted by molar-refractivity contribution is 7.09. The van der Waals surface area contributed by atoms with Crippen LogP contribution in [0.2, 0.25) is 0 Å². The van der Waals surface area contributed by atoms with Crippen molar-refractivity contribution in [2.75, 3.05) is 5.32 Å². The summed E-state index contributed by atoms with van der Waals surface area (Å²) < 4.78 is 3.81. The van der Waals surface area contributed by atoms with E-state index in [2.05, 4.69) is 14.7 Å². The van der Waals surface area contributed by atoms with Crippen LogP contribution in [-0.4, -0.2) is 43.6 Å². The summed E-state index contributed by atoms with van der Waals surface area (Å²) in [6, 6.07) is -2.35. The van der Waals surface area contributed by atoms with Crippen LogP contribution in [0.3, 0.4) is 0 Å². The number of aliphatic carboxylic acids is 2. The van der Waals surface area contributed by atoms with Crippen molar-refractivity contribution in [2.45, 2.75) is 19.4 Å². The van der Waals surface area contributed by atoms with Crippen LogP contribution in [0.5, 0.6) is 0 Å². The molecule has 1 aromatic heterocycles. The highest BCUT2D eigenvalue weighted by Crippen LogP contribution is 2.09. The van der Waals surface area contributed by atoms with Gasteiger partial charge in [0.05, 0.1) is 6.42 Å². The lowest BCUT2D eigenvalue weighted by Gasteiger charge is -2.11. The Morgan fingerprint density at radius 3 is 2.50 bits per heavy atom. The zero-order valence-electron chi connectivity index (χ0n) is 9.21. The number of nitrogens with one attached hydrogen (secondary N) is 2. The molecule has 0 radical (unpaired) electrons. The highest BCUT2D eigenvalue weighted by Gasteiger charge is 2.23. The molecule has 9 nitrogen and oxygen atoms in total. The Morgan fingerprint density at radius 2 is 2.06 bits per heavy atom. The normalized spacial score (nSPS) is 11.6. The number of amides is 2. The smallest absolute Gasteiger partial charge is 0.326 e. The number of aryl methyl sites for hydroxylation is 1. The Bertz CT molecular complexity index is 474. The lowest BCUT2D eigenvalue weighted by molar-refractivity contribution is -0.145. The molecule has 0 unspecified atom stereocenters. The Balaban J connectivity index is 2.56. The largest absolute Gasteiger partial charge is 0.481 e. The van der Waals surface area contributed by atoms with Crippen molar-refractivity contribution >= 4 is 34.6 Å². The monoisotopic (exact) mass is 274 g/mol. The minimum atomic E-state index is -1.50. The van der Waals surface area contributed by atoms with Gasteiger partial charge in [-0.05, 0) is 6.92 Å². The van der Waals surface area contributed by atoms with Gasteiger partial charge in [-0.25, -0.2) is 14.6 Å². The molecule has 1 heterocycles. The number of anilines is 1. The second-order valence-corrected chi connectivity index (χ2v) is 3.99. The summed E-state index contributed by atoms with van der Waals surface area (Å²) in [5, 5.41) is 21.7. The Labute approximate surface area is 105 Å². The lowest BCUT2D eigenvalue weighted by Crippen LogP contribution is -2.44. The molecule has 0 aromatic carbocycles. The molecule has 0 bridgehead atoms. The van der Waals surface area contributed by atoms with Gasteiger partial charge in [0, 0.05) is 11.5 Å². The van der Waals surface area contributed by atoms with Crippen LogP contribution < -0.4 is 10.6 Å². The topological polar surface area (TPSA) is 142 Å². The predicted molar refractivity (Wildman–Crippen MR) is 60.5 cm³/mol. The Morgan fingerprint density at radius 1 is 1.39 bits per heavy atom. The van der Waals surface area contributed by atoms with Crippen LogP contribution in [0.25, 0.3) is 0 Å². The number of rotatable bonds is 5. The van der Waals surface area contributed by atoms with E-state index >= 15 is 0 Å². The van der Waals surface area contributed by atoms with Gasteiger partial charge in [0.15, 0.2) is 0 Å². The minimum Gasteiger partial charge on any atom is -0.481 e. The summed E-state index contributed by atoms with van der Waals surface area (Å²) in [4.78, 5) is 36.3. The van der Waals surface area contributed by atoms with E-state index in [0.29, 0.717) is 5.82 Å². The van der Waals surface area contributed by atoms with Crippen LogP contribution in [0.1, 0.15) is 12.2 Å². The summed E-state index contributed by atoms with van der Waals surface area (Å²) in [5.41, 5.74) is 0. The number of aromatic nitrogens is 2. The van der Waals surface area contributed by atoms with Gasteiger partial charge in [0.1, 0.15) is 11.9 Å². The van der Waals surface area contributed by atoms with E-state index in [1.165, 1.54) is 0 Å². The van der Waals surface area contributed by atoms with Crippen LogP contribution in [0.4, 0.5) is 9.93 Å². The second kappa shape index (κ2) is 5.91. The zero-order valence-corrected chi connectivity index (χ0v) is 10.0. The lowest BCUT2D eigenvalue weighted by atomic mass is 10.2. The number of urea groups is 1. The Hall–Kier alpha value is -2.23. The first kappa shape index (κ1) is 13.8. The maximum atomic E-state index is 11.4. The van der Waals surface area contributed by atoms with Crippen molar-refractivity contribution in [3.05, 3.63) is 5.82 Å². The molecule has 0 saturated heterocycles. The van der Waals surface area contributed by atoms with Gasteiger partial charge >= 0.3 is 18.0 Å². The van der Waals surface area contributed by atoms with Gasteiger partial charge in [-0.3, -0.25) is 10.1 Å². The standard InChI is InChI=1S/C8H10N4O5S/c1-3-9-8(18-12-3)11-7(17)10-4(6(15)16)2-5(13)14/h4H,2H2,1H3,(H,13,14)(H,15,16)(H2,9,10,11,12,17)/t4-/m0/s1. The number of nitrogens with zero attached hydrogens (tertiary/aromatic N) is 2. The van der Waals surface area contributed by atoms with E-state index in [4.69, 9.17) is 10.2 Å². The van der Waals surface area contributed by atoms with E-state index in [1.54, 1.807) is 6.92 Å². The molecule has 1 rings (SSSR count). The zero-order chi connectivity index (χ0) is 13.7. The van der Waals surface area contributed by atoms with Crippen molar-refractivity contribution in [1.82, 2.24) is 14.7 Å². The SMILES string of the molecule is Cc1nsc(NC(=O)N[C@@H](CC(=O)O)C(=O)O)n1. The number of carboxylic acid groups (broad SMARTS) is 2. The molecule has 0 aliphatic rings. The van der Waals surface area contributed by atoms with Gasteiger partial charge in [0.2, 0.25) is 5.13 Å². The number of hydrogen-bond donors (Lipinski definition) is 4. The summed E-state index contributed by atoms with van der Waals surface area (Å²) >= 11 is 0.930. The van der Waals surface area contributed by atoms with Crippen molar-refractivity contribution in [1.29, 1.82) is 0 Å². The van der Waals surface area contributed by atoms with Crippen molar-refractivity contribution in [3.8, 4) is 0 Å². The quantitative estimate of drug-likeness (QED) is 0.587. The first-order valence-corrected chi connectivity index (χ1v) is 5.48. The molecule has 0 aliphatic heterocycles. The molecule has 2 amide bonds. The first-order chi connectivity index (χ1) is 8.38. The summed E-state index contributed by atoms with van der Waals surface area (Å²) in [6.07, 6.45) is -0.710. The number of carboxylic acids is 2. The highest BCUT2D eigenvalue weighted by atomic mass is 32.1. The minimum absolute atomic E-state index is 0.199. The molecule has 4 N–H and O–H groups in total. The maximum Gasteiger partial charge on any atom is 0.326 e. The number of carbonyl (C=O) groups excluding carboxylic acids is 1. The molecule has 10 heteroatoms. The van der Waals surface area contributed by atoms with Gasteiger partial charge in [-0.1, -0.05) is 0 Å². The predicted octanol–water partition coefficient (Wildman–Crippen LogP) is -0.104. The average molecular weight is 274 g/mol. The molecule has 98 valence electrons. The molecule has 0 aliphatic carbocycles. The fourth-order valence-corrected chi connectivity index (χ4v) is 1.58. The fourth-order valence-electron chi connectivity index (χ4n) is 1.01.